The average Bonchev–Trinajstić information content (AvgIpc) is 4.28. The highest BCUT2D eigenvalue weighted by molar-refractivity contribution is 8.09. The van der Waals surface area contributed by atoms with E-state index in [0.717, 1.165) is 6.42 Å². The molecular weight excluding hydrogens is 909 g/mol. The summed E-state index contributed by atoms with van der Waals surface area (Å²) in [6.07, 6.45) is 3.47. The molecular formula is C68H46N2S2. The summed E-state index contributed by atoms with van der Waals surface area (Å²) in [6, 6.07) is 93.5. The molecule has 0 saturated carbocycles. The zero-order valence-electron chi connectivity index (χ0n) is 39.3. The van der Waals surface area contributed by atoms with Gasteiger partial charge in [-0.15, -0.1) is 23.1 Å². The van der Waals surface area contributed by atoms with E-state index in [2.05, 4.69) is 270 Å². The van der Waals surface area contributed by atoms with Crippen molar-refractivity contribution in [3.8, 4) is 66.3 Å². The largest absolute Gasteiger partial charge is 0.309 e. The number of nitrogens with zero attached hydrogens (tertiary/aromatic N) is 2. The first-order valence-corrected chi connectivity index (χ1v) is 26.4. The molecule has 3 aromatic heterocycles. The van der Waals surface area contributed by atoms with Crippen molar-refractivity contribution in [2.45, 2.75) is 11.7 Å². The fourth-order valence-electron chi connectivity index (χ4n) is 11.1. The minimum Gasteiger partial charge on any atom is -0.309 e. The fraction of sp³-hybridized carbons (Fsp3) is 0.0294. The molecule has 1 aliphatic rings. The van der Waals surface area contributed by atoms with Crippen LogP contribution in [-0.2, 0) is 0 Å². The summed E-state index contributed by atoms with van der Waals surface area (Å²) in [6.45, 7) is 0. The molecule has 0 spiro atoms. The van der Waals surface area contributed by atoms with Crippen LogP contribution in [0.4, 0.5) is 0 Å². The molecule has 14 rings (SSSR count). The lowest BCUT2D eigenvalue weighted by Gasteiger charge is -2.14. The van der Waals surface area contributed by atoms with E-state index in [1.807, 2.05) is 23.1 Å². The Hall–Kier alpha value is -8.41. The van der Waals surface area contributed by atoms with E-state index in [4.69, 9.17) is 0 Å². The first-order chi connectivity index (χ1) is 35.7. The van der Waals surface area contributed by atoms with E-state index < -0.39 is 0 Å². The lowest BCUT2D eigenvalue weighted by Crippen LogP contribution is -1.97. The van der Waals surface area contributed by atoms with Crippen molar-refractivity contribution in [2.75, 3.05) is 0 Å². The van der Waals surface area contributed by atoms with Crippen LogP contribution in [0.5, 0.6) is 0 Å². The molecule has 0 saturated heterocycles. The predicted molar refractivity (Wildman–Crippen MR) is 310 cm³/mol. The summed E-state index contributed by atoms with van der Waals surface area (Å²) in [4.78, 5) is 4.01. The van der Waals surface area contributed by atoms with Gasteiger partial charge in [-0.05, 0) is 112 Å². The predicted octanol–water partition coefficient (Wildman–Crippen LogP) is 19.5. The van der Waals surface area contributed by atoms with Crippen LogP contribution < -0.4 is 0 Å². The fourth-order valence-corrected chi connectivity index (χ4v) is 13.4. The Kier molecular flexibility index (Phi) is 10.5. The van der Waals surface area contributed by atoms with E-state index in [0.29, 0.717) is 5.25 Å². The van der Waals surface area contributed by atoms with Gasteiger partial charge in [0.25, 0.3) is 0 Å². The first kappa shape index (κ1) is 42.5. The molecule has 0 N–H and O–H groups in total. The van der Waals surface area contributed by atoms with Gasteiger partial charge in [0.15, 0.2) is 0 Å². The van der Waals surface area contributed by atoms with E-state index >= 15 is 0 Å². The van der Waals surface area contributed by atoms with Crippen molar-refractivity contribution in [3.05, 3.63) is 271 Å². The van der Waals surface area contributed by atoms with Gasteiger partial charge in [-0.3, -0.25) is 0 Å². The topological polar surface area (TPSA) is 9.86 Å². The minimum atomic E-state index is 0.397. The maximum Gasteiger partial charge on any atom is 0.0541 e. The van der Waals surface area contributed by atoms with E-state index in [1.54, 1.807) is 0 Å². The molecule has 10 aromatic carbocycles. The van der Waals surface area contributed by atoms with Crippen molar-refractivity contribution in [1.82, 2.24) is 9.13 Å². The smallest absolute Gasteiger partial charge is 0.0541 e. The van der Waals surface area contributed by atoms with E-state index in [9.17, 15) is 0 Å². The molecule has 1 unspecified atom stereocenters. The van der Waals surface area contributed by atoms with Crippen molar-refractivity contribution in [2.24, 2.45) is 0 Å². The standard InChI is InChI=1S/C68H46N2S2/c1-3-15-47(16-4-1)53-19-7-11-23-59(53)69-61-25-13-9-21-55(61)57-43-51(35-37-63(57)69)45-27-31-49(32-28-45)65-39-41-67(71-65)68-42-40-66(72-68)50-33-29-46(30-34-50)52-36-38-64-58(44-52)56-22-10-14-26-62(56)70(64)60-24-12-8-20-54(60)48-17-5-2-6-18-48/h1-39,41-44,66H,40H2. The van der Waals surface area contributed by atoms with Crippen LogP contribution in [0.25, 0.3) is 115 Å². The molecule has 72 heavy (non-hydrogen) atoms. The van der Waals surface area contributed by atoms with Gasteiger partial charge in [0.2, 0.25) is 0 Å². The molecule has 0 fully saturated rings. The van der Waals surface area contributed by atoms with Gasteiger partial charge in [-0.25, -0.2) is 0 Å². The highest BCUT2D eigenvalue weighted by atomic mass is 32.2. The summed E-state index contributed by atoms with van der Waals surface area (Å²) in [7, 11) is 0. The average molecular weight is 955 g/mol. The van der Waals surface area contributed by atoms with Crippen molar-refractivity contribution in [1.29, 1.82) is 0 Å². The summed E-state index contributed by atoms with van der Waals surface area (Å²) < 4.78 is 4.87. The Balaban J connectivity index is 0.689. The van der Waals surface area contributed by atoms with Crippen molar-refractivity contribution < 1.29 is 0 Å². The van der Waals surface area contributed by atoms with Crippen molar-refractivity contribution >= 4 is 71.6 Å². The normalized spacial score (nSPS) is 13.7. The van der Waals surface area contributed by atoms with Crippen LogP contribution in [0.3, 0.4) is 0 Å². The van der Waals surface area contributed by atoms with Crippen LogP contribution in [0.2, 0.25) is 0 Å². The van der Waals surface area contributed by atoms with Crippen LogP contribution in [0.15, 0.2) is 261 Å². The number of rotatable bonds is 9. The lowest BCUT2D eigenvalue weighted by molar-refractivity contribution is 0.991. The van der Waals surface area contributed by atoms with Gasteiger partial charge in [0.1, 0.15) is 0 Å². The highest BCUT2D eigenvalue weighted by Crippen LogP contribution is 2.51. The molecule has 1 aliphatic heterocycles. The van der Waals surface area contributed by atoms with Gasteiger partial charge in [0.05, 0.1) is 33.4 Å². The Morgan fingerprint density at radius 1 is 0.319 bits per heavy atom. The van der Waals surface area contributed by atoms with Crippen LogP contribution >= 0.6 is 23.1 Å². The second kappa shape index (κ2) is 17.8. The molecule has 1 atom stereocenters. The number of hydrogen-bond acceptors (Lipinski definition) is 2. The summed E-state index contributed by atoms with van der Waals surface area (Å²) in [5, 5.41) is 5.44. The summed E-state index contributed by atoms with van der Waals surface area (Å²) in [5.41, 5.74) is 19.6. The maximum atomic E-state index is 2.44. The third kappa shape index (κ3) is 7.33. The van der Waals surface area contributed by atoms with Crippen LogP contribution in [0, 0.1) is 0 Å². The Morgan fingerprint density at radius 2 is 0.750 bits per heavy atom. The van der Waals surface area contributed by atoms with Gasteiger partial charge in [-0.1, -0.05) is 200 Å². The molecule has 4 heterocycles. The molecule has 0 radical (unpaired) electrons. The zero-order valence-corrected chi connectivity index (χ0v) is 41.0. The SMILES string of the molecule is C1=C(c2ccc(-c3ccc(-c4ccc5c(c4)c4ccccc4n5-c4ccccc4-c4ccccc4)cc3)s2)SC(c2ccc(-c3ccc4c(c3)c3ccccc3n4-c3ccccc3-c3ccccc3)cc2)C1. The summed E-state index contributed by atoms with van der Waals surface area (Å²) in [5.74, 6) is 0. The molecule has 0 aliphatic carbocycles. The number of thioether (sulfide) groups is 1. The van der Waals surface area contributed by atoms with Gasteiger partial charge < -0.3 is 9.13 Å². The molecule has 13 aromatic rings. The van der Waals surface area contributed by atoms with Crippen LogP contribution in [0.1, 0.15) is 22.1 Å². The van der Waals surface area contributed by atoms with E-state index in [-0.39, 0.29) is 0 Å². The zero-order chi connectivity index (χ0) is 47.5. The minimum absolute atomic E-state index is 0.397. The van der Waals surface area contributed by atoms with E-state index in [1.165, 1.54) is 125 Å². The number of fused-ring (bicyclic) bond motifs is 6. The quantitative estimate of drug-likeness (QED) is 0.140. The Labute approximate surface area is 427 Å². The third-order valence-electron chi connectivity index (χ3n) is 14.6. The molecule has 4 heteroatoms. The number of para-hydroxylation sites is 4. The molecule has 2 nitrogen and oxygen atoms in total. The third-order valence-corrected chi connectivity index (χ3v) is 17.2. The second-order valence-corrected chi connectivity index (χ2v) is 21.0. The number of aromatic nitrogens is 2. The molecule has 0 bridgehead atoms. The Morgan fingerprint density at radius 3 is 1.31 bits per heavy atom. The monoisotopic (exact) mass is 954 g/mol. The van der Waals surface area contributed by atoms with Gasteiger partial charge >= 0.3 is 0 Å². The van der Waals surface area contributed by atoms with Crippen molar-refractivity contribution in [3.63, 3.8) is 0 Å². The molecule has 340 valence electrons. The maximum absolute atomic E-state index is 2.44. The highest BCUT2D eigenvalue weighted by Gasteiger charge is 2.23. The lowest BCUT2D eigenvalue weighted by atomic mass is 10.00. The molecule has 0 amide bonds. The number of hydrogen-bond donors (Lipinski definition) is 0. The summed E-state index contributed by atoms with van der Waals surface area (Å²) >= 11 is 3.89. The van der Waals surface area contributed by atoms with Gasteiger partial charge in [0, 0.05) is 52.6 Å². The first-order valence-electron chi connectivity index (χ1n) is 24.7. The Bertz CT molecular complexity index is 4190. The number of thiophene rings is 1. The number of benzene rings is 10. The second-order valence-electron chi connectivity index (χ2n) is 18.7. The number of allylic oxidation sites excluding steroid dienone is 1. The van der Waals surface area contributed by atoms with Gasteiger partial charge in [-0.2, -0.15) is 0 Å². The van der Waals surface area contributed by atoms with Crippen LogP contribution in [-0.4, -0.2) is 9.13 Å².